The van der Waals surface area contributed by atoms with Gasteiger partial charge in [-0.25, -0.2) is 14.6 Å². The number of aromatic nitrogens is 2. The Kier molecular flexibility index (Phi) is 6.20. The van der Waals surface area contributed by atoms with E-state index >= 15 is 0 Å². The van der Waals surface area contributed by atoms with Gasteiger partial charge in [0.25, 0.3) is 0 Å². The molecule has 2 amide bonds. The zero-order valence-corrected chi connectivity index (χ0v) is 21.4. The Bertz CT molecular complexity index is 1740. The van der Waals surface area contributed by atoms with Gasteiger partial charge in [-0.15, -0.1) is 0 Å². The van der Waals surface area contributed by atoms with E-state index in [2.05, 4.69) is 15.6 Å². The molecular formula is C31H26N4O4. The van der Waals surface area contributed by atoms with Crippen molar-refractivity contribution < 1.29 is 19.1 Å². The van der Waals surface area contributed by atoms with Crippen molar-refractivity contribution in [2.45, 2.75) is 13.0 Å². The number of methoxy groups -OCH3 is 1. The number of esters is 1. The second kappa shape index (κ2) is 9.98. The van der Waals surface area contributed by atoms with Crippen LogP contribution in [0.3, 0.4) is 0 Å². The van der Waals surface area contributed by atoms with Gasteiger partial charge in [-0.3, -0.25) is 0 Å². The van der Waals surface area contributed by atoms with Gasteiger partial charge in [0.05, 0.1) is 41.9 Å². The predicted molar refractivity (Wildman–Crippen MR) is 150 cm³/mol. The molecule has 6 rings (SSSR count). The fourth-order valence-corrected chi connectivity index (χ4v) is 5.02. The third-order valence-electron chi connectivity index (χ3n) is 6.81. The molecule has 1 atom stereocenters. The maximum Gasteiger partial charge on any atom is 0.338 e. The largest absolute Gasteiger partial charge is 0.497 e. The summed E-state index contributed by atoms with van der Waals surface area (Å²) in [5.41, 5.74) is 5.27. The number of urea groups is 1. The Morgan fingerprint density at radius 2 is 1.67 bits per heavy atom. The minimum atomic E-state index is -0.844. The molecule has 0 radical (unpaired) electrons. The molecule has 0 fully saturated rings. The standard InChI is InChI=1S/C31H26N4O4/c1-3-39-30(36)25-26(18-9-5-4-6-10-18)34-31(37)35-29(25)24-17-22-21-11-7-8-12-23(21)32-28(22)27(33-24)19-13-15-20(38-2)16-14-19/h4-17,29,32H,3H2,1-2H3,(H2,34,35,37). The number of pyridine rings is 1. The Balaban J connectivity index is 1.62. The number of hydrogen-bond donors (Lipinski definition) is 3. The Labute approximate surface area is 224 Å². The molecule has 0 aliphatic carbocycles. The number of aromatic amines is 1. The van der Waals surface area contributed by atoms with Crippen LogP contribution >= 0.6 is 0 Å². The van der Waals surface area contributed by atoms with Gasteiger partial charge in [0, 0.05) is 21.9 Å². The Morgan fingerprint density at radius 1 is 0.923 bits per heavy atom. The molecule has 0 spiro atoms. The van der Waals surface area contributed by atoms with E-state index in [-0.39, 0.29) is 12.2 Å². The molecule has 8 heteroatoms. The zero-order chi connectivity index (χ0) is 26.9. The lowest BCUT2D eigenvalue weighted by molar-refractivity contribution is -0.138. The minimum Gasteiger partial charge on any atom is -0.497 e. The average molecular weight is 519 g/mol. The highest BCUT2D eigenvalue weighted by Crippen LogP contribution is 2.38. The molecule has 39 heavy (non-hydrogen) atoms. The molecule has 1 aliphatic heterocycles. The fraction of sp³-hybridized carbons (Fsp3) is 0.129. The van der Waals surface area contributed by atoms with E-state index in [4.69, 9.17) is 14.5 Å². The van der Waals surface area contributed by atoms with E-state index in [0.29, 0.717) is 22.6 Å². The van der Waals surface area contributed by atoms with Crippen LogP contribution in [0.2, 0.25) is 0 Å². The summed E-state index contributed by atoms with van der Waals surface area (Å²) in [6.45, 7) is 1.94. The predicted octanol–water partition coefficient (Wildman–Crippen LogP) is 5.72. The molecule has 194 valence electrons. The van der Waals surface area contributed by atoms with Gasteiger partial charge in [0.1, 0.15) is 11.8 Å². The maximum absolute atomic E-state index is 13.4. The van der Waals surface area contributed by atoms with Gasteiger partial charge in [-0.2, -0.15) is 0 Å². The Morgan fingerprint density at radius 3 is 2.41 bits per heavy atom. The van der Waals surface area contributed by atoms with E-state index in [9.17, 15) is 9.59 Å². The summed E-state index contributed by atoms with van der Waals surface area (Å²) in [6.07, 6.45) is 0. The summed E-state index contributed by atoms with van der Waals surface area (Å²) >= 11 is 0. The molecule has 5 aromatic rings. The van der Waals surface area contributed by atoms with E-state index in [1.165, 1.54) is 0 Å². The summed E-state index contributed by atoms with van der Waals surface area (Å²) in [4.78, 5) is 34.9. The number of amides is 2. The molecule has 0 saturated carbocycles. The van der Waals surface area contributed by atoms with Crippen molar-refractivity contribution >= 4 is 39.5 Å². The molecule has 0 bridgehead atoms. The summed E-state index contributed by atoms with van der Waals surface area (Å²) < 4.78 is 10.8. The number of benzene rings is 3. The van der Waals surface area contributed by atoms with Gasteiger partial charge in [-0.1, -0.05) is 48.5 Å². The lowest BCUT2D eigenvalue weighted by Crippen LogP contribution is -2.45. The molecule has 1 unspecified atom stereocenters. The number of nitrogens with one attached hydrogen (secondary N) is 3. The van der Waals surface area contributed by atoms with Crippen molar-refractivity contribution in [2.75, 3.05) is 13.7 Å². The second-order valence-corrected chi connectivity index (χ2v) is 9.12. The van der Waals surface area contributed by atoms with Crippen LogP contribution < -0.4 is 15.4 Å². The zero-order valence-electron chi connectivity index (χ0n) is 21.4. The van der Waals surface area contributed by atoms with E-state index in [1.807, 2.05) is 84.9 Å². The van der Waals surface area contributed by atoms with Crippen molar-refractivity contribution in [2.24, 2.45) is 0 Å². The highest BCUT2D eigenvalue weighted by molar-refractivity contribution is 6.11. The molecule has 3 heterocycles. The number of rotatable bonds is 6. The summed E-state index contributed by atoms with van der Waals surface area (Å²) in [5.74, 6) is 0.203. The number of fused-ring (bicyclic) bond motifs is 3. The second-order valence-electron chi connectivity index (χ2n) is 9.12. The van der Waals surface area contributed by atoms with Crippen LogP contribution in [0.5, 0.6) is 5.75 Å². The quantitative estimate of drug-likeness (QED) is 0.249. The summed E-state index contributed by atoms with van der Waals surface area (Å²) in [7, 11) is 1.62. The number of H-pyrrole nitrogens is 1. The fourth-order valence-electron chi connectivity index (χ4n) is 5.02. The molecule has 1 aliphatic rings. The van der Waals surface area contributed by atoms with Crippen LogP contribution in [0.25, 0.3) is 38.8 Å². The number of carbonyl (C=O) groups is 2. The first-order valence-corrected chi connectivity index (χ1v) is 12.7. The van der Waals surface area contributed by atoms with Crippen LogP contribution in [0.15, 0.2) is 90.5 Å². The van der Waals surface area contributed by atoms with E-state index in [1.54, 1.807) is 14.0 Å². The number of nitrogens with zero attached hydrogens (tertiary/aromatic N) is 1. The van der Waals surface area contributed by atoms with Crippen molar-refractivity contribution in [1.29, 1.82) is 0 Å². The lowest BCUT2D eigenvalue weighted by Gasteiger charge is -2.29. The first kappa shape index (κ1) is 24.2. The number of ether oxygens (including phenoxy) is 2. The number of hydrogen-bond acceptors (Lipinski definition) is 5. The van der Waals surface area contributed by atoms with Gasteiger partial charge < -0.3 is 25.1 Å². The van der Waals surface area contributed by atoms with Crippen molar-refractivity contribution in [1.82, 2.24) is 20.6 Å². The van der Waals surface area contributed by atoms with Crippen LogP contribution in [0.1, 0.15) is 24.2 Å². The SMILES string of the molecule is CCOC(=O)C1=C(c2ccccc2)NC(=O)NC1c1cc2c([nH]c3ccccc32)c(-c2ccc(OC)cc2)n1. The molecule has 3 aromatic carbocycles. The van der Waals surface area contributed by atoms with Crippen molar-refractivity contribution in [3.05, 3.63) is 102 Å². The van der Waals surface area contributed by atoms with Crippen LogP contribution in [-0.2, 0) is 9.53 Å². The Hall–Kier alpha value is -5.11. The van der Waals surface area contributed by atoms with Gasteiger partial charge in [-0.05, 0) is 48.9 Å². The highest BCUT2D eigenvalue weighted by Gasteiger charge is 2.36. The first-order valence-electron chi connectivity index (χ1n) is 12.7. The monoisotopic (exact) mass is 518 g/mol. The molecule has 8 nitrogen and oxygen atoms in total. The summed E-state index contributed by atoms with van der Waals surface area (Å²) in [5, 5.41) is 7.69. The molecule has 2 aromatic heterocycles. The third-order valence-corrected chi connectivity index (χ3v) is 6.81. The minimum absolute atomic E-state index is 0.192. The molecule has 0 saturated heterocycles. The number of para-hydroxylation sites is 1. The van der Waals surface area contributed by atoms with E-state index < -0.39 is 18.0 Å². The van der Waals surface area contributed by atoms with E-state index in [0.717, 1.165) is 33.1 Å². The number of carbonyl (C=O) groups excluding carboxylic acids is 2. The molecule has 3 N–H and O–H groups in total. The van der Waals surface area contributed by atoms with Crippen LogP contribution in [-0.4, -0.2) is 35.7 Å². The first-order chi connectivity index (χ1) is 19.1. The lowest BCUT2D eigenvalue weighted by atomic mass is 9.94. The van der Waals surface area contributed by atoms with Crippen molar-refractivity contribution in [3.8, 4) is 17.0 Å². The maximum atomic E-state index is 13.4. The molecular weight excluding hydrogens is 492 g/mol. The average Bonchev–Trinajstić information content (AvgIpc) is 3.35. The normalized spacial score (nSPS) is 15.2. The van der Waals surface area contributed by atoms with Crippen LogP contribution in [0.4, 0.5) is 4.79 Å². The smallest absolute Gasteiger partial charge is 0.338 e. The summed E-state index contributed by atoms with van der Waals surface area (Å²) in [6, 6.07) is 25.6. The third kappa shape index (κ3) is 4.35. The topological polar surface area (TPSA) is 105 Å². The van der Waals surface area contributed by atoms with Gasteiger partial charge in [0.15, 0.2) is 0 Å². The van der Waals surface area contributed by atoms with Crippen molar-refractivity contribution in [3.63, 3.8) is 0 Å². The van der Waals surface area contributed by atoms with Gasteiger partial charge in [0.2, 0.25) is 0 Å². The highest BCUT2D eigenvalue weighted by atomic mass is 16.5. The van der Waals surface area contributed by atoms with Crippen LogP contribution in [0, 0.1) is 0 Å². The van der Waals surface area contributed by atoms with Gasteiger partial charge >= 0.3 is 12.0 Å².